The van der Waals surface area contributed by atoms with E-state index >= 15 is 0 Å². The van der Waals surface area contributed by atoms with Gasteiger partial charge < -0.3 is 10.1 Å². The van der Waals surface area contributed by atoms with Crippen LogP contribution in [-0.4, -0.2) is 19.3 Å². The first-order valence-corrected chi connectivity index (χ1v) is 7.89. The molecule has 0 bridgehead atoms. The molecule has 0 saturated heterocycles. The predicted octanol–water partition coefficient (Wildman–Crippen LogP) is 5.23. The molecule has 0 spiro atoms. The van der Waals surface area contributed by atoms with Gasteiger partial charge in [-0.3, -0.25) is 0 Å². The molecule has 0 fully saturated rings. The van der Waals surface area contributed by atoms with E-state index in [0.717, 1.165) is 16.5 Å². The van der Waals surface area contributed by atoms with Gasteiger partial charge in [-0.05, 0) is 59.9 Å². The number of rotatable bonds is 8. The SMILES string of the molecule is CCCNC(CCC(F)(F)F)c1ccc(OCC)c(Br)c1. The van der Waals surface area contributed by atoms with Crippen LogP contribution in [0.25, 0.3) is 0 Å². The van der Waals surface area contributed by atoms with Crippen LogP contribution in [0.5, 0.6) is 5.75 Å². The monoisotopic (exact) mass is 367 g/mol. The van der Waals surface area contributed by atoms with Gasteiger partial charge in [-0.1, -0.05) is 13.0 Å². The number of benzene rings is 1. The van der Waals surface area contributed by atoms with Crippen molar-refractivity contribution in [3.05, 3.63) is 28.2 Å². The zero-order chi connectivity index (χ0) is 15.9. The van der Waals surface area contributed by atoms with Gasteiger partial charge in [0.15, 0.2) is 0 Å². The number of hydrogen-bond donors (Lipinski definition) is 1. The Balaban J connectivity index is 2.84. The fourth-order valence-electron chi connectivity index (χ4n) is 2.02. The summed E-state index contributed by atoms with van der Waals surface area (Å²) in [6.45, 7) is 5.11. The standard InChI is InChI=1S/C15H21BrF3NO/c1-3-9-20-13(7-8-15(17,18)19)11-5-6-14(21-4-2)12(16)10-11/h5-6,10,13,20H,3-4,7-9H2,1-2H3. The highest BCUT2D eigenvalue weighted by atomic mass is 79.9. The van der Waals surface area contributed by atoms with E-state index in [0.29, 0.717) is 18.9 Å². The molecule has 1 atom stereocenters. The van der Waals surface area contributed by atoms with Crippen molar-refractivity contribution < 1.29 is 17.9 Å². The van der Waals surface area contributed by atoms with Gasteiger partial charge in [0.2, 0.25) is 0 Å². The molecule has 0 amide bonds. The van der Waals surface area contributed by atoms with Crippen LogP contribution in [0.1, 0.15) is 44.7 Å². The molecule has 6 heteroatoms. The van der Waals surface area contributed by atoms with Crippen molar-refractivity contribution in [3.8, 4) is 5.75 Å². The molecule has 1 aromatic carbocycles. The van der Waals surface area contributed by atoms with Crippen LogP contribution in [0.2, 0.25) is 0 Å². The summed E-state index contributed by atoms with van der Waals surface area (Å²) in [4.78, 5) is 0. The Morgan fingerprint density at radius 2 is 2.00 bits per heavy atom. The first-order valence-electron chi connectivity index (χ1n) is 7.09. The van der Waals surface area contributed by atoms with E-state index in [4.69, 9.17) is 4.74 Å². The number of nitrogens with one attached hydrogen (secondary N) is 1. The summed E-state index contributed by atoms with van der Waals surface area (Å²) >= 11 is 3.40. The Morgan fingerprint density at radius 1 is 1.29 bits per heavy atom. The second-order valence-corrected chi connectivity index (χ2v) is 5.64. The Hall–Kier alpha value is -0.750. The van der Waals surface area contributed by atoms with Crippen molar-refractivity contribution in [1.29, 1.82) is 0 Å². The van der Waals surface area contributed by atoms with Crippen molar-refractivity contribution in [3.63, 3.8) is 0 Å². The zero-order valence-electron chi connectivity index (χ0n) is 12.3. The molecule has 120 valence electrons. The van der Waals surface area contributed by atoms with Gasteiger partial charge in [-0.2, -0.15) is 13.2 Å². The quantitative estimate of drug-likeness (QED) is 0.678. The van der Waals surface area contributed by atoms with Gasteiger partial charge in [0.25, 0.3) is 0 Å². The molecule has 0 aromatic heterocycles. The minimum absolute atomic E-state index is 0.0317. The second-order valence-electron chi connectivity index (χ2n) is 4.78. The normalized spacial score (nSPS) is 13.2. The third-order valence-electron chi connectivity index (χ3n) is 3.02. The van der Waals surface area contributed by atoms with Crippen LogP contribution < -0.4 is 10.1 Å². The van der Waals surface area contributed by atoms with Gasteiger partial charge in [0.05, 0.1) is 11.1 Å². The van der Waals surface area contributed by atoms with Crippen molar-refractivity contribution in [2.45, 2.75) is 45.3 Å². The number of halogens is 4. The van der Waals surface area contributed by atoms with Crippen molar-refractivity contribution in [1.82, 2.24) is 5.32 Å². The fourth-order valence-corrected chi connectivity index (χ4v) is 2.53. The number of alkyl halides is 3. The first-order chi connectivity index (χ1) is 9.87. The summed E-state index contributed by atoms with van der Waals surface area (Å²) in [5, 5.41) is 3.18. The molecule has 0 aliphatic carbocycles. The third-order valence-corrected chi connectivity index (χ3v) is 3.64. The molecule has 0 saturated carbocycles. The second kappa shape index (κ2) is 8.63. The van der Waals surface area contributed by atoms with Gasteiger partial charge in [-0.25, -0.2) is 0 Å². The van der Waals surface area contributed by atoms with Crippen LogP contribution in [-0.2, 0) is 0 Å². The van der Waals surface area contributed by atoms with Gasteiger partial charge >= 0.3 is 6.18 Å². The molecule has 0 radical (unpaired) electrons. The average Bonchev–Trinajstić information content (AvgIpc) is 2.40. The molecule has 1 rings (SSSR count). The number of hydrogen-bond acceptors (Lipinski definition) is 2. The van der Waals surface area contributed by atoms with Gasteiger partial charge in [0.1, 0.15) is 5.75 Å². The Kier molecular flexibility index (Phi) is 7.52. The van der Waals surface area contributed by atoms with Gasteiger partial charge in [0, 0.05) is 12.5 Å². The minimum atomic E-state index is -4.13. The van der Waals surface area contributed by atoms with E-state index < -0.39 is 12.6 Å². The van der Waals surface area contributed by atoms with Crippen molar-refractivity contribution in [2.24, 2.45) is 0 Å². The van der Waals surface area contributed by atoms with Crippen LogP contribution >= 0.6 is 15.9 Å². The summed E-state index contributed by atoms with van der Waals surface area (Å²) in [5.41, 5.74) is 0.836. The molecule has 1 aromatic rings. The lowest BCUT2D eigenvalue weighted by Crippen LogP contribution is -2.24. The van der Waals surface area contributed by atoms with Crippen molar-refractivity contribution >= 4 is 15.9 Å². The number of ether oxygens (including phenoxy) is 1. The first kappa shape index (κ1) is 18.3. The maximum atomic E-state index is 12.4. The molecule has 0 aliphatic rings. The molecule has 1 N–H and O–H groups in total. The van der Waals surface area contributed by atoms with E-state index in [1.54, 1.807) is 6.07 Å². The highest BCUT2D eigenvalue weighted by molar-refractivity contribution is 9.10. The fraction of sp³-hybridized carbons (Fsp3) is 0.600. The largest absolute Gasteiger partial charge is 0.493 e. The molecule has 1 unspecified atom stereocenters. The Labute approximate surface area is 132 Å². The van der Waals surface area contributed by atoms with E-state index in [1.165, 1.54) is 0 Å². The molecular formula is C15H21BrF3NO. The molecule has 0 aliphatic heterocycles. The van der Waals surface area contributed by atoms with Crippen LogP contribution in [0, 0.1) is 0 Å². The average molecular weight is 368 g/mol. The van der Waals surface area contributed by atoms with E-state index in [1.807, 2.05) is 26.0 Å². The predicted molar refractivity (Wildman–Crippen MR) is 81.6 cm³/mol. The summed E-state index contributed by atoms with van der Waals surface area (Å²) in [5.74, 6) is 0.700. The van der Waals surface area contributed by atoms with E-state index in [2.05, 4.69) is 21.2 Å². The summed E-state index contributed by atoms with van der Waals surface area (Å²) < 4.78 is 43.5. The Morgan fingerprint density at radius 3 is 2.52 bits per heavy atom. The summed E-state index contributed by atoms with van der Waals surface area (Å²) in [6, 6.07) is 5.13. The van der Waals surface area contributed by atoms with E-state index in [9.17, 15) is 13.2 Å². The molecule has 0 heterocycles. The molecular weight excluding hydrogens is 347 g/mol. The maximum absolute atomic E-state index is 12.4. The van der Waals surface area contributed by atoms with E-state index in [-0.39, 0.29) is 12.5 Å². The maximum Gasteiger partial charge on any atom is 0.389 e. The molecule has 21 heavy (non-hydrogen) atoms. The van der Waals surface area contributed by atoms with Crippen molar-refractivity contribution in [2.75, 3.05) is 13.2 Å². The summed E-state index contributed by atoms with van der Waals surface area (Å²) in [6.07, 6.45) is -4.02. The van der Waals surface area contributed by atoms with Crippen LogP contribution in [0.15, 0.2) is 22.7 Å². The Bertz CT molecular complexity index is 437. The van der Waals surface area contributed by atoms with Crippen LogP contribution in [0.3, 0.4) is 0 Å². The minimum Gasteiger partial charge on any atom is -0.493 e. The lowest BCUT2D eigenvalue weighted by atomic mass is 10.0. The topological polar surface area (TPSA) is 21.3 Å². The summed E-state index contributed by atoms with van der Waals surface area (Å²) in [7, 11) is 0. The highest BCUT2D eigenvalue weighted by Crippen LogP contribution is 2.32. The van der Waals surface area contributed by atoms with Gasteiger partial charge in [-0.15, -0.1) is 0 Å². The lowest BCUT2D eigenvalue weighted by Gasteiger charge is -2.20. The highest BCUT2D eigenvalue weighted by Gasteiger charge is 2.28. The molecule has 2 nitrogen and oxygen atoms in total. The van der Waals surface area contributed by atoms with Crippen LogP contribution in [0.4, 0.5) is 13.2 Å². The zero-order valence-corrected chi connectivity index (χ0v) is 13.9. The smallest absolute Gasteiger partial charge is 0.389 e. The third kappa shape index (κ3) is 6.70. The lowest BCUT2D eigenvalue weighted by molar-refractivity contribution is -0.136.